The summed E-state index contributed by atoms with van der Waals surface area (Å²) in [6.07, 6.45) is 1.88. The van der Waals surface area contributed by atoms with Gasteiger partial charge in [0, 0.05) is 23.9 Å². The number of aromatic nitrogens is 2. The fourth-order valence-corrected chi connectivity index (χ4v) is 2.85. The molecule has 0 aliphatic carbocycles. The van der Waals surface area contributed by atoms with Crippen LogP contribution in [0.2, 0.25) is 0 Å². The Morgan fingerprint density at radius 1 is 1.00 bits per heavy atom. The molecule has 0 radical (unpaired) electrons. The lowest BCUT2D eigenvalue weighted by atomic mass is 10.1. The van der Waals surface area contributed by atoms with Gasteiger partial charge in [-0.15, -0.1) is 10.2 Å². The van der Waals surface area contributed by atoms with E-state index in [-0.39, 0.29) is 5.69 Å². The predicted molar refractivity (Wildman–Crippen MR) is 103 cm³/mol. The van der Waals surface area contributed by atoms with E-state index in [1.807, 2.05) is 60.0 Å². The highest BCUT2D eigenvalue weighted by Crippen LogP contribution is 2.33. The molecule has 4 rings (SSSR count). The Balaban J connectivity index is 1.86. The van der Waals surface area contributed by atoms with E-state index < -0.39 is 4.92 Å². The summed E-state index contributed by atoms with van der Waals surface area (Å²) in [6, 6.07) is 19.7. The molecule has 4 aromatic rings. The van der Waals surface area contributed by atoms with Crippen LogP contribution in [0.4, 0.5) is 17.2 Å². The summed E-state index contributed by atoms with van der Waals surface area (Å²) in [5.74, 6) is 0.575. The van der Waals surface area contributed by atoms with Crippen LogP contribution in [0.3, 0.4) is 0 Å². The number of benzene rings is 2. The molecule has 0 saturated carbocycles. The molecule has 0 spiro atoms. The van der Waals surface area contributed by atoms with E-state index in [4.69, 9.17) is 4.98 Å². The van der Waals surface area contributed by atoms with E-state index in [1.165, 1.54) is 12.1 Å². The summed E-state index contributed by atoms with van der Waals surface area (Å²) >= 11 is 0. The fraction of sp³-hybridized carbons (Fsp3) is 0.0500. The van der Waals surface area contributed by atoms with Crippen molar-refractivity contribution in [3.8, 4) is 11.3 Å². The Morgan fingerprint density at radius 2 is 1.81 bits per heavy atom. The van der Waals surface area contributed by atoms with Gasteiger partial charge in [-0.3, -0.25) is 14.5 Å². The highest BCUT2D eigenvalue weighted by atomic mass is 16.6. The molecule has 7 nitrogen and oxygen atoms in total. The average molecular weight is 357 g/mol. The summed E-state index contributed by atoms with van der Waals surface area (Å²) in [5.41, 5.74) is 3.83. The minimum atomic E-state index is -0.452. The predicted octanol–water partition coefficient (Wildman–Crippen LogP) is 5.63. The molecule has 0 amide bonds. The molecule has 132 valence electrons. The molecular formula is C20H15N5O2. The lowest BCUT2D eigenvalue weighted by Crippen LogP contribution is -1.86. The Bertz CT molecular complexity index is 1170. The lowest BCUT2D eigenvalue weighted by molar-refractivity contribution is -0.384. The molecule has 0 bridgehead atoms. The van der Waals surface area contributed by atoms with E-state index in [9.17, 15) is 10.1 Å². The van der Waals surface area contributed by atoms with Crippen molar-refractivity contribution in [2.45, 2.75) is 6.92 Å². The number of rotatable bonds is 4. The van der Waals surface area contributed by atoms with Crippen LogP contribution < -0.4 is 0 Å². The van der Waals surface area contributed by atoms with Crippen LogP contribution in [0.15, 0.2) is 83.2 Å². The zero-order valence-corrected chi connectivity index (χ0v) is 14.5. The minimum absolute atomic E-state index is 0.0243. The summed E-state index contributed by atoms with van der Waals surface area (Å²) in [5, 5.41) is 19.6. The number of non-ortho nitro benzene ring substituents is 1. The second-order valence-electron chi connectivity index (χ2n) is 6.01. The Kier molecular flexibility index (Phi) is 4.18. The number of fused-ring (bicyclic) bond motifs is 1. The molecule has 0 N–H and O–H groups in total. The Hall–Kier alpha value is -3.87. The van der Waals surface area contributed by atoms with E-state index in [1.54, 1.807) is 12.1 Å². The zero-order valence-electron chi connectivity index (χ0n) is 14.5. The highest BCUT2D eigenvalue weighted by Gasteiger charge is 2.15. The first kappa shape index (κ1) is 16.6. The normalized spacial score (nSPS) is 11.3. The summed E-state index contributed by atoms with van der Waals surface area (Å²) in [6.45, 7) is 1.98. The molecule has 7 heteroatoms. The monoisotopic (exact) mass is 357 g/mol. The highest BCUT2D eigenvalue weighted by molar-refractivity contribution is 5.75. The van der Waals surface area contributed by atoms with Gasteiger partial charge in [-0.05, 0) is 24.6 Å². The number of azo groups is 1. The van der Waals surface area contributed by atoms with Crippen molar-refractivity contribution in [3.63, 3.8) is 0 Å². The Labute approximate surface area is 154 Å². The number of imidazole rings is 1. The number of aryl methyl sites for hydroxylation is 1. The first-order chi connectivity index (χ1) is 13.1. The summed E-state index contributed by atoms with van der Waals surface area (Å²) in [4.78, 5) is 15.2. The van der Waals surface area contributed by atoms with Gasteiger partial charge in [0.2, 0.25) is 0 Å². The maximum atomic E-state index is 11.0. The van der Waals surface area contributed by atoms with Gasteiger partial charge in [0.1, 0.15) is 11.3 Å². The number of nitro benzene ring substituents is 1. The average Bonchev–Trinajstić information content (AvgIpc) is 3.07. The lowest BCUT2D eigenvalue weighted by Gasteiger charge is -2.00. The number of hydrogen-bond acceptors (Lipinski definition) is 5. The smallest absolute Gasteiger partial charge is 0.271 e. The first-order valence-electron chi connectivity index (χ1n) is 8.33. The second kappa shape index (κ2) is 6.80. The van der Waals surface area contributed by atoms with Crippen molar-refractivity contribution in [1.82, 2.24) is 9.38 Å². The van der Waals surface area contributed by atoms with Crippen molar-refractivity contribution < 1.29 is 4.92 Å². The molecule has 2 aromatic carbocycles. The molecule has 2 aromatic heterocycles. The maximum Gasteiger partial charge on any atom is 0.271 e. The molecule has 0 unspecified atom stereocenters. The molecule has 2 heterocycles. The van der Waals surface area contributed by atoms with E-state index >= 15 is 0 Å². The molecule has 0 saturated heterocycles. The van der Waals surface area contributed by atoms with Crippen LogP contribution in [0.5, 0.6) is 0 Å². The number of hydrogen-bond donors (Lipinski definition) is 0. The third-order valence-corrected chi connectivity index (χ3v) is 4.17. The molecule has 0 atom stereocenters. The SMILES string of the molecule is Cc1cccn2c(N=Nc3cccc([N+](=O)[O-])c3)c(-c3ccccc3)nc12. The topological polar surface area (TPSA) is 85.2 Å². The van der Waals surface area contributed by atoms with Crippen LogP contribution in [0, 0.1) is 17.0 Å². The van der Waals surface area contributed by atoms with Gasteiger partial charge < -0.3 is 0 Å². The first-order valence-corrected chi connectivity index (χ1v) is 8.33. The third-order valence-electron chi connectivity index (χ3n) is 4.17. The van der Waals surface area contributed by atoms with Crippen LogP contribution >= 0.6 is 0 Å². The van der Waals surface area contributed by atoms with Crippen molar-refractivity contribution in [3.05, 3.63) is 88.6 Å². The number of nitro groups is 1. The van der Waals surface area contributed by atoms with Gasteiger partial charge in [-0.25, -0.2) is 4.98 Å². The zero-order chi connectivity index (χ0) is 18.8. The minimum Gasteiger partial charge on any atom is -0.282 e. The molecule has 0 aliphatic heterocycles. The molecule has 0 fully saturated rings. The van der Waals surface area contributed by atoms with E-state index in [2.05, 4.69) is 10.2 Å². The van der Waals surface area contributed by atoms with Gasteiger partial charge in [-0.2, -0.15) is 0 Å². The Morgan fingerprint density at radius 3 is 2.59 bits per heavy atom. The number of nitrogens with zero attached hydrogens (tertiary/aromatic N) is 5. The van der Waals surface area contributed by atoms with Crippen LogP contribution in [0.25, 0.3) is 16.9 Å². The van der Waals surface area contributed by atoms with Gasteiger partial charge >= 0.3 is 0 Å². The molecule has 0 aliphatic rings. The standard InChI is InChI=1S/C20H15N5O2/c1-14-7-6-12-24-19(14)21-18(15-8-3-2-4-9-15)20(24)23-22-16-10-5-11-17(13-16)25(26)27/h2-13H,1H3. The van der Waals surface area contributed by atoms with Gasteiger partial charge in [-0.1, -0.05) is 42.5 Å². The largest absolute Gasteiger partial charge is 0.282 e. The van der Waals surface area contributed by atoms with Crippen LogP contribution in [-0.2, 0) is 0 Å². The third kappa shape index (κ3) is 3.18. The van der Waals surface area contributed by atoms with Crippen molar-refractivity contribution >= 4 is 22.8 Å². The van der Waals surface area contributed by atoms with Gasteiger partial charge in [0.05, 0.1) is 10.6 Å². The van der Waals surface area contributed by atoms with E-state index in [0.717, 1.165) is 16.8 Å². The quantitative estimate of drug-likeness (QED) is 0.269. The fourth-order valence-electron chi connectivity index (χ4n) is 2.85. The second-order valence-corrected chi connectivity index (χ2v) is 6.01. The number of pyridine rings is 1. The summed E-state index contributed by atoms with van der Waals surface area (Å²) < 4.78 is 1.87. The van der Waals surface area contributed by atoms with Crippen LogP contribution in [-0.4, -0.2) is 14.3 Å². The summed E-state index contributed by atoms with van der Waals surface area (Å²) in [7, 11) is 0. The van der Waals surface area contributed by atoms with Crippen LogP contribution in [0.1, 0.15) is 5.56 Å². The molecular weight excluding hydrogens is 342 g/mol. The van der Waals surface area contributed by atoms with Crippen molar-refractivity contribution in [1.29, 1.82) is 0 Å². The molecule has 27 heavy (non-hydrogen) atoms. The van der Waals surface area contributed by atoms with Gasteiger partial charge in [0.25, 0.3) is 5.69 Å². The van der Waals surface area contributed by atoms with E-state index in [0.29, 0.717) is 17.2 Å². The van der Waals surface area contributed by atoms with Crippen molar-refractivity contribution in [2.75, 3.05) is 0 Å². The van der Waals surface area contributed by atoms with Crippen molar-refractivity contribution in [2.24, 2.45) is 10.2 Å². The maximum absolute atomic E-state index is 11.0. The van der Waals surface area contributed by atoms with Gasteiger partial charge in [0.15, 0.2) is 5.82 Å².